The van der Waals surface area contributed by atoms with Crippen LogP contribution in [0.15, 0.2) is 114 Å². The van der Waals surface area contributed by atoms with E-state index in [1.165, 1.54) is 0 Å². The lowest BCUT2D eigenvalue weighted by atomic mass is 9.97. The van der Waals surface area contributed by atoms with E-state index < -0.39 is 0 Å². The first-order chi connectivity index (χ1) is 16.2. The van der Waals surface area contributed by atoms with Crippen LogP contribution in [0.5, 0.6) is 0 Å². The number of ether oxygens (including phenoxy) is 1. The van der Waals surface area contributed by atoms with Gasteiger partial charge in [0, 0.05) is 24.8 Å². The van der Waals surface area contributed by atoms with Gasteiger partial charge in [-0.15, -0.1) is 0 Å². The van der Waals surface area contributed by atoms with E-state index in [0.29, 0.717) is 17.8 Å². The Hall–Kier alpha value is -4.54. The lowest BCUT2D eigenvalue weighted by molar-refractivity contribution is 0.118. The van der Waals surface area contributed by atoms with Crippen molar-refractivity contribution in [2.24, 2.45) is 0 Å². The third kappa shape index (κ3) is 5.21. The molecule has 1 aliphatic rings. The maximum absolute atomic E-state index is 9.37. The Morgan fingerprint density at radius 3 is 2.24 bits per heavy atom. The average Bonchev–Trinajstić information content (AvgIpc) is 2.89. The molecule has 1 atom stereocenters. The highest BCUT2D eigenvalue weighted by Crippen LogP contribution is 2.35. The summed E-state index contributed by atoms with van der Waals surface area (Å²) in [5.74, 6) is 0.631. The summed E-state index contributed by atoms with van der Waals surface area (Å²) in [6.07, 6.45) is 5.92. The maximum Gasteiger partial charge on any atom is 0.265 e. The number of para-hydroxylation sites is 1. The Labute approximate surface area is 194 Å². The zero-order valence-corrected chi connectivity index (χ0v) is 18.3. The van der Waals surface area contributed by atoms with Crippen LogP contribution < -0.4 is 4.90 Å². The standard InChI is InChI=1S/C29H23N3O/c1-31-28(21-30)24-19-27(33-29(20-24)23-9-5-3-6-10-23)18-15-22-13-16-26(17-14-22)32(2)25-11-7-4-8-12-25/h3-19,29H,20H2,2H3/b18-15+,28-24?. The van der Waals surface area contributed by atoms with Crippen LogP contribution in [0.4, 0.5) is 11.4 Å². The molecule has 4 heteroatoms. The van der Waals surface area contributed by atoms with Crippen molar-refractivity contribution in [1.29, 1.82) is 5.26 Å². The Balaban J connectivity index is 1.56. The Bertz CT molecular complexity index is 1260. The van der Waals surface area contributed by atoms with Crippen molar-refractivity contribution in [3.63, 3.8) is 0 Å². The molecule has 1 unspecified atom stereocenters. The van der Waals surface area contributed by atoms with Crippen molar-refractivity contribution < 1.29 is 4.74 Å². The van der Waals surface area contributed by atoms with Crippen LogP contribution in [-0.4, -0.2) is 7.05 Å². The van der Waals surface area contributed by atoms with Crippen molar-refractivity contribution in [2.75, 3.05) is 11.9 Å². The molecule has 3 aromatic rings. The first-order valence-corrected chi connectivity index (χ1v) is 10.7. The molecule has 0 radical (unpaired) electrons. The molecule has 0 fully saturated rings. The number of nitriles is 1. The third-order valence-electron chi connectivity index (χ3n) is 5.56. The van der Waals surface area contributed by atoms with Crippen molar-refractivity contribution in [3.8, 4) is 6.07 Å². The van der Waals surface area contributed by atoms with Crippen molar-refractivity contribution >= 4 is 17.5 Å². The summed E-state index contributed by atoms with van der Waals surface area (Å²) < 4.78 is 6.20. The van der Waals surface area contributed by atoms with Gasteiger partial charge in [-0.1, -0.05) is 66.7 Å². The summed E-state index contributed by atoms with van der Waals surface area (Å²) in [7, 11) is 2.04. The largest absolute Gasteiger partial charge is 0.485 e. The van der Waals surface area contributed by atoms with Gasteiger partial charge >= 0.3 is 0 Å². The van der Waals surface area contributed by atoms with Gasteiger partial charge in [0.25, 0.3) is 5.70 Å². The summed E-state index contributed by atoms with van der Waals surface area (Å²) in [5.41, 5.74) is 5.08. The van der Waals surface area contributed by atoms with E-state index in [1.54, 1.807) is 6.08 Å². The van der Waals surface area contributed by atoms with E-state index in [1.807, 2.05) is 73.8 Å². The van der Waals surface area contributed by atoms with E-state index in [-0.39, 0.29) is 11.8 Å². The molecule has 0 spiro atoms. The molecule has 3 aromatic carbocycles. The molecule has 0 bridgehead atoms. The predicted molar refractivity (Wildman–Crippen MR) is 132 cm³/mol. The van der Waals surface area contributed by atoms with Gasteiger partial charge in [-0.25, -0.2) is 10.1 Å². The van der Waals surface area contributed by atoms with Crippen LogP contribution in [-0.2, 0) is 4.74 Å². The van der Waals surface area contributed by atoms with Gasteiger partial charge in [0.2, 0.25) is 0 Å². The highest BCUT2D eigenvalue weighted by molar-refractivity contribution is 5.65. The van der Waals surface area contributed by atoms with Gasteiger partial charge in [-0.05, 0) is 53.1 Å². The van der Waals surface area contributed by atoms with E-state index in [2.05, 4.69) is 46.1 Å². The monoisotopic (exact) mass is 429 g/mol. The minimum atomic E-state index is -0.238. The number of benzene rings is 3. The van der Waals surface area contributed by atoms with E-state index in [4.69, 9.17) is 11.3 Å². The molecule has 4 nitrogen and oxygen atoms in total. The second-order valence-electron chi connectivity index (χ2n) is 7.68. The lowest BCUT2D eigenvalue weighted by Gasteiger charge is -2.25. The molecule has 1 heterocycles. The molecular weight excluding hydrogens is 406 g/mol. The summed E-state index contributed by atoms with van der Waals surface area (Å²) in [5, 5.41) is 9.37. The molecule has 0 saturated heterocycles. The molecule has 160 valence electrons. The Morgan fingerprint density at radius 1 is 0.970 bits per heavy atom. The van der Waals surface area contributed by atoms with Crippen LogP contribution in [0.3, 0.4) is 0 Å². The van der Waals surface area contributed by atoms with Crippen LogP contribution >= 0.6 is 0 Å². The predicted octanol–water partition coefficient (Wildman–Crippen LogP) is 7.21. The van der Waals surface area contributed by atoms with Gasteiger partial charge in [-0.2, -0.15) is 0 Å². The highest BCUT2D eigenvalue weighted by Gasteiger charge is 2.22. The molecule has 33 heavy (non-hydrogen) atoms. The quantitative estimate of drug-likeness (QED) is 0.318. The molecule has 4 rings (SSSR count). The van der Waals surface area contributed by atoms with E-state index in [9.17, 15) is 5.26 Å². The molecule has 0 N–H and O–H groups in total. The summed E-state index contributed by atoms with van der Waals surface area (Å²) in [4.78, 5) is 5.54. The number of nitrogens with zero attached hydrogens (tertiary/aromatic N) is 3. The summed E-state index contributed by atoms with van der Waals surface area (Å²) >= 11 is 0. The molecule has 0 saturated carbocycles. The fourth-order valence-electron chi connectivity index (χ4n) is 3.73. The van der Waals surface area contributed by atoms with Gasteiger partial charge in [0.15, 0.2) is 0 Å². The van der Waals surface area contributed by atoms with Crippen LogP contribution in [0.1, 0.15) is 23.7 Å². The SMILES string of the molecule is [C-]#[N+]C(C#N)=C1C=C(/C=C/c2ccc(N(C)c3ccccc3)cc2)OC(c2ccccc2)C1. The number of rotatable bonds is 5. The molecular formula is C29H23N3O. The number of anilines is 2. The smallest absolute Gasteiger partial charge is 0.265 e. The number of hydrogen-bond donors (Lipinski definition) is 0. The number of allylic oxidation sites excluding steroid dienone is 3. The molecule has 0 amide bonds. The van der Waals surface area contributed by atoms with E-state index >= 15 is 0 Å². The van der Waals surface area contributed by atoms with Gasteiger partial charge in [0.05, 0.1) is 12.6 Å². The second kappa shape index (κ2) is 10.2. The summed E-state index contributed by atoms with van der Waals surface area (Å²) in [6, 6.07) is 30.4. The molecule has 0 aromatic heterocycles. The van der Waals surface area contributed by atoms with Crippen LogP contribution in [0.25, 0.3) is 10.9 Å². The van der Waals surface area contributed by atoms with Crippen molar-refractivity contribution in [3.05, 3.63) is 137 Å². The van der Waals surface area contributed by atoms with Gasteiger partial charge in [-0.3, -0.25) is 0 Å². The minimum Gasteiger partial charge on any atom is -0.485 e. The van der Waals surface area contributed by atoms with Gasteiger partial charge < -0.3 is 9.64 Å². The zero-order valence-electron chi connectivity index (χ0n) is 18.3. The third-order valence-corrected chi connectivity index (χ3v) is 5.56. The van der Waals surface area contributed by atoms with Crippen molar-refractivity contribution in [2.45, 2.75) is 12.5 Å². The summed E-state index contributed by atoms with van der Waals surface area (Å²) in [6.45, 7) is 7.34. The zero-order chi connectivity index (χ0) is 23.0. The van der Waals surface area contributed by atoms with Crippen LogP contribution in [0, 0.1) is 17.9 Å². The fraction of sp³-hybridized carbons (Fsp3) is 0.103. The molecule has 1 aliphatic heterocycles. The van der Waals surface area contributed by atoms with E-state index in [0.717, 1.165) is 22.5 Å². The first-order valence-electron chi connectivity index (χ1n) is 10.7. The Kier molecular flexibility index (Phi) is 6.69. The topological polar surface area (TPSA) is 40.6 Å². The minimum absolute atomic E-state index is 0.110. The number of hydrogen-bond acceptors (Lipinski definition) is 3. The van der Waals surface area contributed by atoms with Crippen LogP contribution in [0.2, 0.25) is 0 Å². The fourth-order valence-corrected chi connectivity index (χ4v) is 3.73. The lowest BCUT2D eigenvalue weighted by Crippen LogP contribution is -2.10. The first kappa shape index (κ1) is 21.7. The van der Waals surface area contributed by atoms with Gasteiger partial charge in [0.1, 0.15) is 11.9 Å². The normalized spacial score (nSPS) is 16.8. The maximum atomic E-state index is 9.37. The highest BCUT2D eigenvalue weighted by atomic mass is 16.5. The average molecular weight is 430 g/mol. The molecule has 0 aliphatic carbocycles. The Morgan fingerprint density at radius 2 is 1.61 bits per heavy atom. The second-order valence-corrected chi connectivity index (χ2v) is 7.68. The van der Waals surface area contributed by atoms with Crippen molar-refractivity contribution in [1.82, 2.24) is 0 Å².